The number of esters is 3. The van der Waals surface area contributed by atoms with E-state index in [9.17, 15) is 14.4 Å². The van der Waals surface area contributed by atoms with Crippen LogP contribution in [0, 0.1) is 17.8 Å². The summed E-state index contributed by atoms with van der Waals surface area (Å²) in [5.41, 5.74) is 0. The third-order valence-corrected chi connectivity index (χ3v) is 11.4. The van der Waals surface area contributed by atoms with E-state index < -0.39 is 6.10 Å². The van der Waals surface area contributed by atoms with Gasteiger partial charge in [-0.2, -0.15) is 0 Å². The molecule has 0 fully saturated rings. The van der Waals surface area contributed by atoms with Crippen LogP contribution in [0.5, 0.6) is 0 Å². The fourth-order valence-electron chi connectivity index (χ4n) is 6.99. The molecule has 0 bridgehead atoms. The molecule has 6 nitrogen and oxygen atoms in total. The van der Waals surface area contributed by atoms with Gasteiger partial charge in [-0.1, -0.05) is 215 Å². The molecule has 0 radical (unpaired) electrons. The standard InChI is InChI=1S/C48H92O6/c1-7-43(5)35-29-23-17-14-15-19-27-33-39-48(51)54-45(41-53-47(50)38-32-26-21-20-24-30-36-44(6)8-2)40-52-46(49)37-31-25-18-13-11-9-10-12-16-22-28-34-42(3)4/h42-45H,7-41H2,1-6H3/t43?,44?,45-/m1/s1. The van der Waals surface area contributed by atoms with Gasteiger partial charge in [-0.15, -0.1) is 0 Å². The molecule has 6 heteroatoms. The van der Waals surface area contributed by atoms with Crippen LogP contribution in [0.3, 0.4) is 0 Å². The van der Waals surface area contributed by atoms with Crippen molar-refractivity contribution >= 4 is 17.9 Å². The topological polar surface area (TPSA) is 78.9 Å². The summed E-state index contributed by atoms with van der Waals surface area (Å²) in [6.07, 6.45) is 36.6. The fourth-order valence-corrected chi connectivity index (χ4v) is 6.99. The van der Waals surface area contributed by atoms with Crippen molar-refractivity contribution in [3.8, 4) is 0 Å². The predicted octanol–water partition coefficient (Wildman–Crippen LogP) is 14.8. The highest BCUT2D eigenvalue weighted by Gasteiger charge is 2.19. The molecule has 0 amide bonds. The van der Waals surface area contributed by atoms with Gasteiger partial charge in [0.1, 0.15) is 13.2 Å². The lowest BCUT2D eigenvalue weighted by Gasteiger charge is -2.18. The minimum Gasteiger partial charge on any atom is -0.462 e. The first-order valence-corrected chi connectivity index (χ1v) is 23.7. The molecule has 320 valence electrons. The molecule has 3 atom stereocenters. The Hall–Kier alpha value is -1.59. The van der Waals surface area contributed by atoms with E-state index in [4.69, 9.17) is 14.2 Å². The second kappa shape index (κ2) is 39.6. The quantitative estimate of drug-likeness (QED) is 0.0350. The van der Waals surface area contributed by atoms with Crippen molar-refractivity contribution in [2.45, 2.75) is 260 Å². The van der Waals surface area contributed by atoms with Crippen LogP contribution in [-0.4, -0.2) is 37.2 Å². The zero-order valence-corrected chi connectivity index (χ0v) is 37.0. The number of ether oxygens (including phenoxy) is 3. The lowest BCUT2D eigenvalue weighted by atomic mass is 9.99. The fraction of sp³-hybridized carbons (Fsp3) is 0.938. The van der Waals surface area contributed by atoms with Gasteiger partial charge < -0.3 is 14.2 Å². The SMILES string of the molecule is CCC(C)CCCCCCCCCCC(=O)O[C@H](COC(=O)CCCCCCCCCCCCCC(C)C)COC(=O)CCCCCCCCC(C)CC. The van der Waals surface area contributed by atoms with Gasteiger partial charge >= 0.3 is 17.9 Å². The van der Waals surface area contributed by atoms with Crippen LogP contribution in [0.2, 0.25) is 0 Å². The van der Waals surface area contributed by atoms with Gasteiger partial charge in [0, 0.05) is 19.3 Å². The summed E-state index contributed by atoms with van der Waals surface area (Å²) >= 11 is 0. The second-order valence-corrected chi connectivity index (χ2v) is 17.4. The molecule has 0 heterocycles. The molecule has 0 aliphatic carbocycles. The number of rotatable bonds is 41. The highest BCUT2D eigenvalue weighted by molar-refractivity contribution is 5.71. The zero-order chi connectivity index (χ0) is 39.9. The van der Waals surface area contributed by atoms with Crippen molar-refractivity contribution in [1.82, 2.24) is 0 Å². The lowest BCUT2D eigenvalue weighted by Crippen LogP contribution is -2.30. The molecule has 0 saturated heterocycles. The Balaban J connectivity index is 4.35. The third-order valence-electron chi connectivity index (χ3n) is 11.4. The number of unbranched alkanes of at least 4 members (excludes halogenated alkanes) is 22. The molecule has 0 saturated carbocycles. The first-order chi connectivity index (χ1) is 26.2. The Morgan fingerprint density at radius 3 is 0.963 bits per heavy atom. The average molecular weight is 765 g/mol. The lowest BCUT2D eigenvalue weighted by molar-refractivity contribution is -0.167. The monoisotopic (exact) mass is 765 g/mol. The van der Waals surface area contributed by atoms with Gasteiger partial charge in [0.25, 0.3) is 0 Å². The van der Waals surface area contributed by atoms with Crippen LogP contribution in [0.1, 0.15) is 253 Å². The van der Waals surface area contributed by atoms with Gasteiger partial charge in [0.05, 0.1) is 0 Å². The van der Waals surface area contributed by atoms with Crippen LogP contribution in [-0.2, 0) is 28.6 Å². The summed E-state index contributed by atoms with van der Waals surface area (Å²) in [7, 11) is 0. The molecule has 54 heavy (non-hydrogen) atoms. The smallest absolute Gasteiger partial charge is 0.306 e. The van der Waals surface area contributed by atoms with E-state index in [1.165, 1.54) is 135 Å². The largest absolute Gasteiger partial charge is 0.462 e. The summed E-state index contributed by atoms with van der Waals surface area (Å²) in [6.45, 7) is 13.7. The van der Waals surface area contributed by atoms with Crippen molar-refractivity contribution in [3.63, 3.8) is 0 Å². The van der Waals surface area contributed by atoms with E-state index in [0.29, 0.717) is 19.3 Å². The van der Waals surface area contributed by atoms with Crippen LogP contribution in [0.15, 0.2) is 0 Å². The molecule has 0 spiro atoms. The number of hydrogen-bond acceptors (Lipinski definition) is 6. The molecule has 0 aromatic heterocycles. The Morgan fingerprint density at radius 2 is 0.648 bits per heavy atom. The van der Waals surface area contributed by atoms with Crippen LogP contribution >= 0.6 is 0 Å². The summed E-state index contributed by atoms with van der Waals surface area (Å²) in [5.74, 6) is 1.62. The van der Waals surface area contributed by atoms with Crippen molar-refractivity contribution in [1.29, 1.82) is 0 Å². The summed E-state index contributed by atoms with van der Waals surface area (Å²) < 4.78 is 16.7. The number of hydrogen-bond donors (Lipinski definition) is 0. The van der Waals surface area contributed by atoms with E-state index in [1.807, 2.05) is 0 Å². The molecule has 0 rings (SSSR count). The third kappa shape index (κ3) is 38.7. The first-order valence-electron chi connectivity index (χ1n) is 23.7. The highest BCUT2D eigenvalue weighted by atomic mass is 16.6. The molecule has 0 aliphatic heterocycles. The van der Waals surface area contributed by atoms with Crippen LogP contribution in [0.25, 0.3) is 0 Å². The summed E-state index contributed by atoms with van der Waals surface area (Å²) in [6, 6.07) is 0. The first kappa shape index (κ1) is 52.4. The maximum absolute atomic E-state index is 12.7. The number of carbonyl (C=O) groups excluding carboxylic acids is 3. The van der Waals surface area contributed by atoms with E-state index >= 15 is 0 Å². The Kier molecular flexibility index (Phi) is 38.5. The molecule has 2 unspecified atom stereocenters. The van der Waals surface area contributed by atoms with Gasteiger partial charge in [-0.25, -0.2) is 0 Å². The second-order valence-electron chi connectivity index (χ2n) is 17.4. The molecule has 0 N–H and O–H groups in total. The zero-order valence-electron chi connectivity index (χ0n) is 37.0. The number of carbonyl (C=O) groups is 3. The van der Waals surface area contributed by atoms with Crippen molar-refractivity contribution in [2.24, 2.45) is 17.8 Å². The Morgan fingerprint density at radius 1 is 0.370 bits per heavy atom. The van der Waals surface area contributed by atoms with Crippen molar-refractivity contribution in [3.05, 3.63) is 0 Å². The minimum absolute atomic E-state index is 0.0665. The molecule has 0 aliphatic rings. The van der Waals surface area contributed by atoms with Crippen LogP contribution < -0.4 is 0 Å². The minimum atomic E-state index is -0.762. The average Bonchev–Trinajstić information content (AvgIpc) is 3.15. The van der Waals surface area contributed by atoms with Crippen LogP contribution in [0.4, 0.5) is 0 Å². The van der Waals surface area contributed by atoms with E-state index in [1.54, 1.807) is 0 Å². The molecule has 0 aromatic rings. The van der Waals surface area contributed by atoms with E-state index in [0.717, 1.165) is 75.5 Å². The molecular weight excluding hydrogens is 673 g/mol. The van der Waals surface area contributed by atoms with Crippen molar-refractivity contribution in [2.75, 3.05) is 13.2 Å². The van der Waals surface area contributed by atoms with Gasteiger partial charge in [-0.05, 0) is 37.0 Å². The summed E-state index contributed by atoms with van der Waals surface area (Å²) in [5, 5.41) is 0. The van der Waals surface area contributed by atoms with Gasteiger partial charge in [0.15, 0.2) is 6.10 Å². The van der Waals surface area contributed by atoms with Gasteiger partial charge in [-0.3, -0.25) is 14.4 Å². The van der Waals surface area contributed by atoms with E-state index in [2.05, 4.69) is 41.5 Å². The van der Waals surface area contributed by atoms with E-state index in [-0.39, 0.29) is 31.1 Å². The maximum Gasteiger partial charge on any atom is 0.306 e. The Labute approximate surface area is 336 Å². The summed E-state index contributed by atoms with van der Waals surface area (Å²) in [4.78, 5) is 37.8. The molecular formula is C48H92O6. The highest BCUT2D eigenvalue weighted by Crippen LogP contribution is 2.18. The van der Waals surface area contributed by atoms with Crippen molar-refractivity contribution < 1.29 is 28.6 Å². The van der Waals surface area contributed by atoms with Gasteiger partial charge in [0.2, 0.25) is 0 Å². The normalized spacial score (nSPS) is 13.2. The molecule has 0 aromatic carbocycles. The predicted molar refractivity (Wildman–Crippen MR) is 229 cm³/mol. The maximum atomic E-state index is 12.7. The Bertz CT molecular complexity index is 841.